The van der Waals surface area contributed by atoms with Gasteiger partial charge in [-0.25, -0.2) is 17.9 Å². The lowest BCUT2D eigenvalue weighted by atomic mass is 9.87. The molecule has 1 aromatic carbocycles. The van der Waals surface area contributed by atoms with E-state index in [0.29, 0.717) is 0 Å². The zero-order valence-electron chi connectivity index (χ0n) is 20.0. The van der Waals surface area contributed by atoms with E-state index in [9.17, 15) is 12.8 Å². The highest BCUT2D eigenvalue weighted by Gasteiger charge is 2.31. The highest BCUT2D eigenvalue weighted by Crippen LogP contribution is 2.48. The van der Waals surface area contributed by atoms with Crippen LogP contribution in [-0.2, 0) is 10.0 Å². The fourth-order valence-corrected chi connectivity index (χ4v) is 3.42. The molecule has 1 aliphatic rings. The number of benzene rings is 1. The molecule has 0 saturated carbocycles. The van der Waals surface area contributed by atoms with Gasteiger partial charge in [-0.05, 0) is 67.0 Å². The van der Waals surface area contributed by atoms with Crippen LogP contribution in [0.2, 0.25) is 0 Å². The van der Waals surface area contributed by atoms with Crippen LogP contribution in [0.4, 0.5) is 4.39 Å². The van der Waals surface area contributed by atoms with Crippen LogP contribution in [0.3, 0.4) is 0 Å². The van der Waals surface area contributed by atoms with Crippen LogP contribution in [0.5, 0.6) is 0 Å². The Morgan fingerprint density at radius 2 is 1.53 bits per heavy atom. The lowest BCUT2D eigenvalue weighted by Gasteiger charge is -2.17. The second kappa shape index (κ2) is 14.1. The summed E-state index contributed by atoms with van der Waals surface area (Å²) in [6.45, 7) is 22.7. The molecule has 0 amide bonds. The Bertz CT molecular complexity index is 846. The van der Waals surface area contributed by atoms with Crippen molar-refractivity contribution in [3.8, 4) is 0 Å². The first-order valence-corrected chi connectivity index (χ1v) is 11.9. The smallest absolute Gasteiger partial charge is 0.225 e. The third-order valence-corrected chi connectivity index (χ3v) is 5.27. The Labute approximate surface area is 184 Å². The van der Waals surface area contributed by atoms with Crippen LogP contribution in [0.25, 0.3) is 5.57 Å². The fourth-order valence-electron chi connectivity index (χ4n) is 2.91. The number of allylic oxidation sites excluding steroid dienone is 6. The standard InChI is InChI=1S/C17H23NO2S.C4H5F.2C2H6/c1-5-12(2)15-10-17(3,4)11-16(15)13-6-8-14(9-7-13)21(18,19)20;1-3-4(2)5;2*1-2/h5-9H,10-11H2,1-4H3,(H2,18,19,20);3H,1-2H2;2*1-2H3/b12-5+;;;. The van der Waals surface area contributed by atoms with Gasteiger partial charge in [0.05, 0.1) is 4.90 Å². The average Bonchev–Trinajstić information content (AvgIpc) is 3.06. The molecule has 0 aliphatic heterocycles. The zero-order chi connectivity index (χ0) is 24.1. The van der Waals surface area contributed by atoms with Crippen LogP contribution >= 0.6 is 0 Å². The highest BCUT2D eigenvalue weighted by atomic mass is 32.2. The van der Waals surface area contributed by atoms with Gasteiger partial charge in [0.2, 0.25) is 10.0 Å². The van der Waals surface area contributed by atoms with Crippen molar-refractivity contribution in [2.24, 2.45) is 10.6 Å². The maximum absolute atomic E-state index is 11.3. The minimum atomic E-state index is -3.63. The Hall–Kier alpha value is -1.98. The van der Waals surface area contributed by atoms with Crippen LogP contribution in [0.1, 0.15) is 73.8 Å². The summed E-state index contributed by atoms with van der Waals surface area (Å²) < 4.78 is 33.8. The molecule has 2 N–H and O–H groups in total. The van der Waals surface area contributed by atoms with Crippen molar-refractivity contribution in [3.63, 3.8) is 0 Å². The molecule has 0 aromatic heterocycles. The quantitative estimate of drug-likeness (QED) is 0.493. The van der Waals surface area contributed by atoms with Gasteiger partial charge < -0.3 is 0 Å². The van der Waals surface area contributed by atoms with Crippen molar-refractivity contribution < 1.29 is 12.8 Å². The number of halogens is 1. The molecule has 0 heterocycles. The van der Waals surface area contributed by atoms with Gasteiger partial charge in [-0.2, -0.15) is 0 Å². The molecule has 170 valence electrons. The number of hydrogen-bond donors (Lipinski definition) is 1. The van der Waals surface area contributed by atoms with E-state index in [1.165, 1.54) is 16.7 Å². The van der Waals surface area contributed by atoms with Crippen molar-refractivity contribution in [1.82, 2.24) is 0 Å². The van der Waals surface area contributed by atoms with E-state index in [4.69, 9.17) is 5.14 Å². The third kappa shape index (κ3) is 10.2. The molecule has 0 unspecified atom stereocenters. The van der Waals surface area contributed by atoms with Crippen LogP contribution < -0.4 is 5.14 Å². The molecule has 0 fully saturated rings. The van der Waals surface area contributed by atoms with Crippen molar-refractivity contribution in [3.05, 3.63) is 72.1 Å². The highest BCUT2D eigenvalue weighted by molar-refractivity contribution is 7.89. The van der Waals surface area contributed by atoms with Crippen molar-refractivity contribution in [2.75, 3.05) is 0 Å². The minimum absolute atomic E-state index is 0.161. The molecule has 2 rings (SSSR count). The minimum Gasteiger partial charge on any atom is -0.225 e. The van der Waals surface area contributed by atoms with E-state index < -0.39 is 15.9 Å². The fraction of sp³-hybridized carbons (Fsp3) is 0.440. The van der Waals surface area contributed by atoms with Crippen molar-refractivity contribution in [1.29, 1.82) is 0 Å². The molecule has 0 radical (unpaired) electrons. The van der Waals surface area contributed by atoms with Gasteiger partial charge in [0, 0.05) is 0 Å². The number of sulfonamides is 1. The third-order valence-electron chi connectivity index (χ3n) is 4.34. The van der Waals surface area contributed by atoms with Gasteiger partial charge in [-0.15, -0.1) is 0 Å². The summed E-state index contributed by atoms with van der Waals surface area (Å²) in [4.78, 5) is 0.161. The first-order chi connectivity index (χ1) is 13.9. The molecule has 1 aliphatic carbocycles. The molecule has 5 heteroatoms. The molecule has 0 atom stereocenters. The lowest BCUT2D eigenvalue weighted by molar-refractivity contribution is 0.398. The number of nitrogens with two attached hydrogens (primary N) is 1. The summed E-state index contributed by atoms with van der Waals surface area (Å²) in [5.41, 5.74) is 5.32. The molecular formula is C25H40FNO2S. The summed E-state index contributed by atoms with van der Waals surface area (Å²) >= 11 is 0. The molecule has 30 heavy (non-hydrogen) atoms. The number of primary sulfonamides is 1. The molecule has 0 saturated heterocycles. The molecule has 0 spiro atoms. The molecule has 1 aromatic rings. The van der Waals surface area contributed by atoms with E-state index in [0.717, 1.165) is 24.5 Å². The summed E-state index contributed by atoms with van der Waals surface area (Å²) in [5, 5.41) is 5.15. The SMILES string of the molecule is C/C=C(\C)C1=C(c2ccc(S(N)(=O)=O)cc2)CC(C)(C)C1.C=CC(=C)F.CC.CC. The van der Waals surface area contributed by atoms with Gasteiger partial charge in [-0.1, -0.05) is 78.5 Å². The monoisotopic (exact) mass is 437 g/mol. The van der Waals surface area contributed by atoms with Gasteiger partial charge >= 0.3 is 0 Å². The van der Waals surface area contributed by atoms with Gasteiger partial charge in [0.1, 0.15) is 5.83 Å². The van der Waals surface area contributed by atoms with Gasteiger partial charge in [0.25, 0.3) is 0 Å². The second-order valence-corrected chi connectivity index (χ2v) is 8.73. The summed E-state index contributed by atoms with van der Waals surface area (Å²) in [7, 11) is -3.63. The summed E-state index contributed by atoms with van der Waals surface area (Å²) in [5.74, 6) is -0.481. The Balaban J connectivity index is 0. The topological polar surface area (TPSA) is 60.2 Å². The molecule has 3 nitrogen and oxygen atoms in total. The summed E-state index contributed by atoms with van der Waals surface area (Å²) in [6.07, 6.45) is 5.24. The van der Waals surface area contributed by atoms with Gasteiger partial charge in [-0.3, -0.25) is 0 Å². The van der Waals surface area contributed by atoms with Crippen LogP contribution in [0.15, 0.2) is 71.4 Å². The van der Waals surface area contributed by atoms with Gasteiger partial charge in [0.15, 0.2) is 0 Å². The van der Waals surface area contributed by atoms with Crippen LogP contribution in [0, 0.1) is 5.41 Å². The van der Waals surface area contributed by atoms with E-state index in [-0.39, 0.29) is 10.3 Å². The van der Waals surface area contributed by atoms with Crippen molar-refractivity contribution >= 4 is 15.6 Å². The summed E-state index contributed by atoms with van der Waals surface area (Å²) in [6, 6.07) is 6.90. The normalized spacial score (nSPS) is 14.9. The second-order valence-electron chi connectivity index (χ2n) is 7.17. The number of rotatable bonds is 4. The van der Waals surface area contributed by atoms with E-state index in [1.807, 2.05) is 39.8 Å². The number of hydrogen-bond acceptors (Lipinski definition) is 2. The average molecular weight is 438 g/mol. The Morgan fingerprint density at radius 1 is 1.10 bits per heavy atom. The predicted octanol–water partition coefficient (Wildman–Crippen LogP) is 7.58. The first kappa shape index (κ1) is 30.2. The molecule has 0 bridgehead atoms. The predicted molar refractivity (Wildman–Crippen MR) is 130 cm³/mol. The maximum Gasteiger partial charge on any atom is 0.238 e. The Morgan fingerprint density at radius 3 is 1.87 bits per heavy atom. The van der Waals surface area contributed by atoms with E-state index in [2.05, 4.69) is 46.9 Å². The van der Waals surface area contributed by atoms with E-state index >= 15 is 0 Å². The van der Waals surface area contributed by atoms with E-state index in [1.54, 1.807) is 12.1 Å². The van der Waals surface area contributed by atoms with Crippen molar-refractivity contribution in [2.45, 2.75) is 73.1 Å². The largest absolute Gasteiger partial charge is 0.238 e. The molecular weight excluding hydrogens is 397 g/mol. The van der Waals surface area contributed by atoms with Crippen LogP contribution in [-0.4, -0.2) is 8.42 Å². The zero-order valence-corrected chi connectivity index (χ0v) is 20.8. The first-order valence-electron chi connectivity index (χ1n) is 10.4. The maximum atomic E-state index is 11.3. The Kier molecular flexibility index (Phi) is 14.2. The lowest BCUT2D eigenvalue weighted by Crippen LogP contribution is -2.11.